The Balaban J connectivity index is 1.42. The summed E-state index contributed by atoms with van der Waals surface area (Å²) >= 11 is 5.94. The van der Waals surface area contributed by atoms with Crippen LogP contribution in [0.1, 0.15) is 23.1 Å². The number of nitrogens with zero attached hydrogens (tertiary/aromatic N) is 8. The maximum absolute atomic E-state index is 13.4. The van der Waals surface area contributed by atoms with E-state index in [1.165, 1.54) is 35.3 Å². The normalized spacial score (nSPS) is 15.2. The van der Waals surface area contributed by atoms with Crippen LogP contribution in [0.3, 0.4) is 0 Å². The SMILES string of the molecule is CCN1CCN(C(=O)c2ccccc2-n2cnc(Cn3nc(-c4ccc(Cl)cc4)n(C[C@H](O)C(F)(F)F)c3=O)n2)CC1. The number of aliphatic hydroxyl groups is 1. The van der Waals surface area contributed by atoms with Crippen LogP contribution in [0.15, 0.2) is 59.7 Å². The molecule has 1 N–H and O–H groups in total. The molecule has 2 aromatic carbocycles. The molecule has 0 saturated carbocycles. The van der Waals surface area contributed by atoms with Crippen molar-refractivity contribution in [2.24, 2.45) is 0 Å². The molecule has 0 radical (unpaired) electrons. The number of hydrogen-bond donors (Lipinski definition) is 1. The summed E-state index contributed by atoms with van der Waals surface area (Å²) in [6.45, 7) is 4.47. The van der Waals surface area contributed by atoms with E-state index in [0.717, 1.165) is 28.9 Å². The van der Waals surface area contributed by atoms with Gasteiger partial charge in [-0.2, -0.15) is 13.2 Å². The van der Waals surface area contributed by atoms with Gasteiger partial charge in [0.25, 0.3) is 5.91 Å². The third-order valence-corrected chi connectivity index (χ3v) is 7.33. The first-order valence-electron chi connectivity index (χ1n) is 13.2. The zero-order chi connectivity index (χ0) is 30.0. The van der Waals surface area contributed by atoms with Crippen LogP contribution in [0.4, 0.5) is 13.2 Å². The van der Waals surface area contributed by atoms with Crippen LogP contribution in [0.5, 0.6) is 0 Å². The number of likely N-dealkylation sites (N-methyl/N-ethyl adjacent to an activating group) is 1. The van der Waals surface area contributed by atoms with Crippen LogP contribution in [0, 0.1) is 0 Å². The van der Waals surface area contributed by atoms with Crippen molar-refractivity contribution in [3.63, 3.8) is 0 Å². The highest BCUT2D eigenvalue weighted by molar-refractivity contribution is 6.30. The average molecular weight is 605 g/mol. The molecule has 0 unspecified atom stereocenters. The fourth-order valence-corrected chi connectivity index (χ4v) is 4.84. The van der Waals surface area contributed by atoms with E-state index in [1.54, 1.807) is 29.2 Å². The summed E-state index contributed by atoms with van der Waals surface area (Å²) < 4.78 is 42.6. The molecule has 11 nitrogen and oxygen atoms in total. The number of amides is 1. The van der Waals surface area contributed by atoms with Crippen LogP contribution < -0.4 is 5.69 Å². The van der Waals surface area contributed by atoms with Gasteiger partial charge in [0.1, 0.15) is 12.9 Å². The van der Waals surface area contributed by atoms with Crippen LogP contribution in [0.25, 0.3) is 17.1 Å². The molecule has 1 aliphatic heterocycles. The van der Waals surface area contributed by atoms with E-state index in [0.29, 0.717) is 34.9 Å². The topological polar surface area (TPSA) is 114 Å². The lowest BCUT2D eigenvalue weighted by molar-refractivity contribution is -0.207. The van der Waals surface area contributed by atoms with Crippen molar-refractivity contribution in [1.82, 2.24) is 38.9 Å². The molecule has 0 bridgehead atoms. The van der Waals surface area contributed by atoms with Crippen molar-refractivity contribution in [3.05, 3.63) is 81.8 Å². The Bertz CT molecular complexity index is 1610. The number of carbonyl (C=O) groups is 1. The number of para-hydroxylation sites is 1. The molecule has 2 aromatic heterocycles. The Morgan fingerprint density at radius 1 is 1.05 bits per heavy atom. The first kappa shape index (κ1) is 29.5. The number of piperazine rings is 1. The summed E-state index contributed by atoms with van der Waals surface area (Å²) in [4.78, 5) is 34.9. The number of benzene rings is 2. The van der Waals surface area contributed by atoms with Gasteiger partial charge in [-0.25, -0.2) is 19.1 Å². The van der Waals surface area contributed by atoms with E-state index < -0.39 is 24.5 Å². The Labute approximate surface area is 243 Å². The van der Waals surface area contributed by atoms with E-state index in [1.807, 2.05) is 0 Å². The lowest BCUT2D eigenvalue weighted by atomic mass is 10.1. The van der Waals surface area contributed by atoms with Crippen molar-refractivity contribution >= 4 is 17.5 Å². The van der Waals surface area contributed by atoms with Crippen molar-refractivity contribution in [1.29, 1.82) is 0 Å². The molecule has 0 aliphatic carbocycles. The Morgan fingerprint density at radius 3 is 2.40 bits per heavy atom. The largest absolute Gasteiger partial charge is 0.416 e. The Hall–Kier alpha value is -4.01. The van der Waals surface area contributed by atoms with E-state index in [-0.39, 0.29) is 24.1 Å². The van der Waals surface area contributed by atoms with Crippen molar-refractivity contribution < 1.29 is 23.1 Å². The van der Waals surface area contributed by atoms with E-state index in [9.17, 15) is 27.9 Å². The minimum Gasteiger partial charge on any atom is -0.382 e. The van der Waals surface area contributed by atoms with Gasteiger partial charge in [-0.05, 0) is 42.9 Å². The third-order valence-electron chi connectivity index (χ3n) is 7.08. The van der Waals surface area contributed by atoms with Gasteiger partial charge in [0.05, 0.1) is 17.8 Å². The van der Waals surface area contributed by atoms with Crippen molar-refractivity contribution in [3.8, 4) is 17.1 Å². The number of carbonyl (C=O) groups excluding carboxylic acids is 1. The van der Waals surface area contributed by atoms with E-state index >= 15 is 0 Å². The van der Waals surface area contributed by atoms with Gasteiger partial charge >= 0.3 is 11.9 Å². The first-order chi connectivity index (χ1) is 20.0. The molecular formula is C27H28ClF3N8O3. The summed E-state index contributed by atoms with van der Waals surface area (Å²) in [6.07, 6.45) is -6.32. The summed E-state index contributed by atoms with van der Waals surface area (Å²) in [7, 11) is 0. The number of hydrogen-bond acceptors (Lipinski definition) is 7. The number of aliphatic hydroxyl groups excluding tert-OH is 1. The van der Waals surface area contributed by atoms with Gasteiger partial charge in [0.2, 0.25) is 0 Å². The van der Waals surface area contributed by atoms with Crippen molar-refractivity contribution in [2.75, 3.05) is 32.7 Å². The van der Waals surface area contributed by atoms with Gasteiger partial charge in [0, 0.05) is 36.8 Å². The standard InChI is InChI=1S/C27H28ClF3N8O3/c1-2-35-11-13-36(14-12-35)25(41)20-5-3-4-6-21(20)39-17-32-23(33-39)16-38-26(42)37(15-22(40)27(29,30)31)24(34-38)18-7-9-19(28)10-8-18/h3-10,17,22,40H,2,11-16H2,1H3/t22-/m0/s1. The highest BCUT2D eigenvalue weighted by Crippen LogP contribution is 2.24. The molecule has 0 spiro atoms. The van der Waals surface area contributed by atoms with E-state index in [4.69, 9.17) is 11.6 Å². The predicted octanol–water partition coefficient (Wildman–Crippen LogP) is 2.70. The second-order valence-corrected chi connectivity index (χ2v) is 10.2. The third kappa shape index (κ3) is 6.25. The molecule has 42 heavy (non-hydrogen) atoms. The molecule has 15 heteroatoms. The monoisotopic (exact) mass is 604 g/mol. The van der Waals surface area contributed by atoms with Crippen LogP contribution in [-0.2, 0) is 13.1 Å². The van der Waals surface area contributed by atoms with Crippen LogP contribution in [0.2, 0.25) is 5.02 Å². The second-order valence-electron chi connectivity index (χ2n) is 9.79. The maximum atomic E-state index is 13.4. The quantitative estimate of drug-likeness (QED) is 0.329. The van der Waals surface area contributed by atoms with Gasteiger partial charge in [0.15, 0.2) is 17.8 Å². The molecule has 222 valence electrons. The number of alkyl halides is 3. The lowest BCUT2D eigenvalue weighted by Crippen LogP contribution is -2.48. The van der Waals surface area contributed by atoms with Gasteiger partial charge in [-0.3, -0.25) is 9.36 Å². The number of aromatic nitrogens is 6. The minimum absolute atomic E-state index is 0.0847. The van der Waals surface area contributed by atoms with Crippen LogP contribution >= 0.6 is 11.6 Å². The fraction of sp³-hybridized carbons (Fsp3) is 0.370. The highest BCUT2D eigenvalue weighted by Gasteiger charge is 2.39. The summed E-state index contributed by atoms with van der Waals surface area (Å²) in [5.41, 5.74) is 0.371. The number of halogens is 4. The molecule has 1 amide bonds. The molecule has 1 aliphatic rings. The fourth-order valence-electron chi connectivity index (χ4n) is 4.71. The predicted molar refractivity (Wildman–Crippen MR) is 147 cm³/mol. The lowest BCUT2D eigenvalue weighted by Gasteiger charge is -2.34. The molecule has 4 aromatic rings. The van der Waals surface area contributed by atoms with Crippen LogP contribution in [-0.4, -0.2) is 94.9 Å². The van der Waals surface area contributed by atoms with Gasteiger partial charge in [-0.1, -0.05) is 30.7 Å². The molecule has 1 atom stereocenters. The zero-order valence-corrected chi connectivity index (χ0v) is 23.3. The highest BCUT2D eigenvalue weighted by atomic mass is 35.5. The first-order valence-corrected chi connectivity index (χ1v) is 13.6. The molecule has 5 rings (SSSR count). The Morgan fingerprint density at radius 2 is 1.74 bits per heavy atom. The minimum atomic E-state index is -4.94. The molecule has 1 saturated heterocycles. The maximum Gasteiger partial charge on any atom is 0.416 e. The average Bonchev–Trinajstić information content (AvgIpc) is 3.57. The summed E-state index contributed by atoms with van der Waals surface area (Å²) in [5.74, 6) is -0.0812. The Kier molecular flexibility index (Phi) is 8.48. The number of rotatable bonds is 8. The summed E-state index contributed by atoms with van der Waals surface area (Å²) in [5, 5.41) is 18.7. The molecular weight excluding hydrogens is 577 g/mol. The summed E-state index contributed by atoms with van der Waals surface area (Å²) in [6, 6.07) is 13.0. The zero-order valence-electron chi connectivity index (χ0n) is 22.6. The van der Waals surface area contributed by atoms with Gasteiger partial charge < -0.3 is 14.9 Å². The second kappa shape index (κ2) is 12.1. The smallest absolute Gasteiger partial charge is 0.382 e. The van der Waals surface area contributed by atoms with Gasteiger partial charge in [-0.15, -0.1) is 10.2 Å². The molecule has 3 heterocycles. The van der Waals surface area contributed by atoms with Crippen molar-refractivity contribution in [2.45, 2.75) is 32.3 Å². The van der Waals surface area contributed by atoms with E-state index in [2.05, 4.69) is 27.0 Å². The molecule has 1 fully saturated rings.